The fourth-order valence-corrected chi connectivity index (χ4v) is 2.26. The monoisotopic (exact) mass is 369 g/mol. The normalized spacial score (nSPS) is 11.4. The lowest BCUT2D eigenvalue weighted by Gasteiger charge is -2.12. The molecule has 6 nitrogen and oxygen atoms in total. The van der Waals surface area contributed by atoms with Gasteiger partial charge in [0.05, 0.1) is 14.2 Å². The molecule has 0 unspecified atom stereocenters. The van der Waals surface area contributed by atoms with Gasteiger partial charge < -0.3 is 19.2 Å². The predicted octanol–water partition coefficient (Wildman–Crippen LogP) is 3.76. The molecule has 7 heteroatoms. The van der Waals surface area contributed by atoms with Crippen LogP contribution in [-0.2, 0) is 12.0 Å². The second-order valence-corrected chi connectivity index (χ2v) is 6.67. The minimum atomic E-state index is -0.170. The van der Waals surface area contributed by atoms with Crippen molar-refractivity contribution in [2.75, 3.05) is 19.5 Å². The largest absolute Gasteiger partial charge is 0.493 e. The Morgan fingerprint density at radius 1 is 1.14 bits per heavy atom. The zero-order valence-electron chi connectivity index (χ0n) is 13.4. The zero-order valence-corrected chi connectivity index (χ0v) is 14.9. The minimum Gasteiger partial charge on any atom is -0.493 e. The molecule has 0 spiro atoms. The van der Waals surface area contributed by atoms with Gasteiger partial charge in [-0.1, -0.05) is 41.8 Å². The second kappa shape index (κ2) is 6.56. The van der Waals surface area contributed by atoms with Crippen molar-refractivity contribution < 1.29 is 13.9 Å². The van der Waals surface area contributed by atoms with Crippen LogP contribution >= 0.6 is 15.9 Å². The highest BCUT2D eigenvalue weighted by molar-refractivity contribution is 9.10. The summed E-state index contributed by atoms with van der Waals surface area (Å²) >= 11 is 3.52. The van der Waals surface area contributed by atoms with E-state index in [1.54, 1.807) is 14.2 Å². The highest BCUT2D eigenvalue weighted by Crippen LogP contribution is 2.33. The first kappa shape index (κ1) is 16.6. The van der Waals surface area contributed by atoms with Crippen molar-refractivity contribution in [1.82, 2.24) is 10.2 Å². The first-order valence-electron chi connectivity index (χ1n) is 6.83. The smallest absolute Gasteiger partial charge is 0.315 e. The molecule has 1 aromatic heterocycles. The van der Waals surface area contributed by atoms with E-state index >= 15 is 0 Å². The van der Waals surface area contributed by atoms with Gasteiger partial charge in [0, 0.05) is 16.4 Å². The van der Waals surface area contributed by atoms with Gasteiger partial charge in [-0.05, 0) is 17.7 Å². The predicted molar refractivity (Wildman–Crippen MR) is 87.6 cm³/mol. The molecular formula is C15H20BrN3O3. The molecule has 0 aliphatic heterocycles. The van der Waals surface area contributed by atoms with E-state index < -0.39 is 0 Å². The molecule has 0 radical (unpaired) electrons. The summed E-state index contributed by atoms with van der Waals surface area (Å²) in [5.41, 5.74) is 0.824. The van der Waals surface area contributed by atoms with Gasteiger partial charge in [0.1, 0.15) is 0 Å². The number of aromatic nitrogens is 2. The Labute approximate surface area is 138 Å². The Morgan fingerprint density at radius 3 is 2.32 bits per heavy atom. The Bertz CT molecular complexity index is 650. The van der Waals surface area contributed by atoms with Gasteiger partial charge in [0.2, 0.25) is 5.89 Å². The van der Waals surface area contributed by atoms with Crippen LogP contribution < -0.4 is 14.8 Å². The van der Waals surface area contributed by atoms with E-state index in [0.29, 0.717) is 29.9 Å². The number of benzene rings is 1. The molecule has 0 amide bonds. The minimum absolute atomic E-state index is 0.170. The van der Waals surface area contributed by atoms with Crippen LogP contribution in [-0.4, -0.2) is 24.4 Å². The lowest BCUT2D eigenvalue weighted by atomic mass is 9.97. The van der Waals surface area contributed by atoms with Crippen LogP contribution in [0.2, 0.25) is 0 Å². The summed E-state index contributed by atoms with van der Waals surface area (Å²) in [7, 11) is 3.21. The maximum atomic E-state index is 5.61. The highest BCUT2D eigenvalue weighted by Gasteiger charge is 2.21. The molecule has 0 fully saturated rings. The summed E-state index contributed by atoms with van der Waals surface area (Å²) in [5, 5.41) is 11.2. The van der Waals surface area contributed by atoms with Crippen molar-refractivity contribution in [2.45, 2.75) is 32.7 Å². The van der Waals surface area contributed by atoms with Crippen LogP contribution in [0.1, 0.15) is 32.2 Å². The molecule has 0 bridgehead atoms. The van der Waals surface area contributed by atoms with Crippen LogP contribution in [0.4, 0.5) is 6.01 Å². The van der Waals surface area contributed by atoms with E-state index in [0.717, 1.165) is 10.0 Å². The van der Waals surface area contributed by atoms with E-state index in [-0.39, 0.29) is 5.41 Å². The first-order chi connectivity index (χ1) is 10.3. The van der Waals surface area contributed by atoms with Crippen LogP contribution in [0.15, 0.2) is 21.0 Å². The maximum absolute atomic E-state index is 5.61. The van der Waals surface area contributed by atoms with Crippen molar-refractivity contribution in [2.24, 2.45) is 0 Å². The topological polar surface area (TPSA) is 69.4 Å². The Morgan fingerprint density at radius 2 is 1.77 bits per heavy atom. The third-order valence-corrected chi connectivity index (χ3v) is 3.79. The van der Waals surface area contributed by atoms with Crippen LogP contribution in [0.25, 0.3) is 0 Å². The van der Waals surface area contributed by atoms with E-state index in [1.165, 1.54) is 0 Å². The quantitative estimate of drug-likeness (QED) is 0.864. The maximum Gasteiger partial charge on any atom is 0.315 e. The average molecular weight is 370 g/mol. The average Bonchev–Trinajstić information content (AvgIpc) is 2.94. The standard InChI is InChI=1S/C15H20BrN3O3/c1-15(2,3)13-18-19-14(22-13)17-8-9-6-11(20-4)12(21-5)7-10(9)16/h6-7H,8H2,1-5H3,(H,17,19). The Hall–Kier alpha value is -1.76. The molecule has 1 heterocycles. The summed E-state index contributed by atoms with van der Waals surface area (Å²) in [6, 6.07) is 4.16. The number of rotatable bonds is 5. The molecule has 0 atom stereocenters. The van der Waals surface area contributed by atoms with Crippen molar-refractivity contribution in [3.05, 3.63) is 28.1 Å². The Balaban J connectivity index is 2.13. The number of ether oxygens (including phenoxy) is 2. The summed E-state index contributed by atoms with van der Waals surface area (Å²) in [4.78, 5) is 0. The van der Waals surface area contributed by atoms with Crippen LogP contribution in [0.5, 0.6) is 11.5 Å². The first-order valence-corrected chi connectivity index (χ1v) is 7.62. The van der Waals surface area contributed by atoms with Gasteiger partial charge in [0.15, 0.2) is 11.5 Å². The number of nitrogens with one attached hydrogen (secondary N) is 1. The number of hydrogen-bond donors (Lipinski definition) is 1. The van der Waals surface area contributed by atoms with E-state index in [4.69, 9.17) is 13.9 Å². The van der Waals surface area contributed by atoms with Gasteiger partial charge >= 0.3 is 6.01 Å². The molecule has 0 saturated heterocycles. The fraction of sp³-hybridized carbons (Fsp3) is 0.467. The third-order valence-electron chi connectivity index (χ3n) is 3.05. The zero-order chi connectivity index (χ0) is 16.3. The second-order valence-electron chi connectivity index (χ2n) is 5.81. The molecule has 0 aliphatic carbocycles. The number of methoxy groups -OCH3 is 2. The van der Waals surface area contributed by atoms with Gasteiger partial charge in [-0.15, -0.1) is 5.10 Å². The van der Waals surface area contributed by atoms with Crippen molar-refractivity contribution >= 4 is 21.9 Å². The fourth-order valence-electron chi connectivity index (χ4n) is 1.80. The van der Waals surface area contributed by atoms with Gasteiger partial charge in [-0.25, -0.2) is 0 Å². The summed E-state index contributed by atoms with van der Waals surface area (Å²) in [6.45, 7) is 6.59. The van der Waals surface area contributed by atoms with Crippen molar-refractivity contribution in [1.29, 1.82) is 0 Å². The number of nitrogens with zero attached hydrogens (tertiary/aromatic N) is 2. The summed E-state index contributed by atoms with van der Waals surface area (Å²) in [6.07, 6.45) is 0. The van der Waals surface area contributed by atoms with Crippen molar-refractivity contribution in [3.63, 3.8) is 0 Å². The van der Waals surface area contributed by atoms with Gasteiger partial charge in [0.25, 0.3) is 0 Å². The molecule has 2 rings (SSSR count). The highest BCUT2D eigenvalue weighted by atomic mass is 79.9. The molecule has 0 saturated carbocycles. The lowest BCUT2D eigenvalue weighted by Crippen LogP contribution is -2.11. The van der Waals surface area contributed by atoms with Gasteiger partial charge in [-0.3, -0.25) is 0 Å². The summed E-state index contributed by atoms with van der Waals surface area (Å²) < 4.78 is 17.1. The molecule has 1 aromatic carbocycles. The number of halogens is 1. The Kier molecular flexibility index (Phi) is 4.95. The van der Waals surface area contributed by atoms with Crippen molar-refractivity contribution in [3.8, 4) is 11.5 Å². The molecule has 0 aliphatic rings. The molecule has 120 valence electrons. The van der Waals surface area contributed by atoms with Crippen LogP contribution in [0, 0.1) is 0 Å². The van der Waals surface area contributed by atoms with E-state index in [9.17, 15) is 0 Å². The third kappa shape index (κ3) is 3.71. The van der Waals surface area contributed by atoms with Crippen LogP contribution in [0.3, 0.4) is 0 Å². The molecule has 22 heavy (non-hydrogen) atoms. The molecular weight excluding hydrogens is 350 g/mol. The molecule has 2 aromatic rings. The van der Waals surface area contributed by atoms with E-state index in [1.807, 2.05) is 32.9 Å². The summed E-state index contributed by atoms with van der Waals surface area (Å²) in [5.74, 6) is 1.94. The number of anilines is 1. The van der Waals surface area contributed by atoms with Gasteiger partial charge in [-0.2, -0.15) is 0 Å². The SMILES string of the molecule is COc1cc(Br)c(CNc2nnc(C(C)(C)C)o2)cc1OC. The number of hydrogen-bond acceptors (Lipinski definition) is 6. The molecule has 1 N–H and O–H groups in total. The lowest BCUT2D eigenvalue weighted by molar-refractivity contribution is 0.354. The van der Waals surface area contributed by atoms with E-state index in [2.05, 4.69) is 31.4 Å².